The maximum Gasteiger partial charge on any atom is 0.239 e. The van der Waals surface area contributed by atoms with Gasteiger partial charge in [-0.3, -0.25) is 4.79 Å². The van der Waals surface area contributed by atoms with Crippen molar-refractivity contribution >= 4 is 33.2 Å². The van der Waals surface area contributed by atoms with Crippen molar-refractivity contribution in [1.29, 1.82) is 0 Å². The van der Waals surface area contributed by atoms with E-state index in [9.17, 15) is 13.2 Å². The van der Waals surface area contributed by atoms with E-state index in [0.717, 1.165) is 38.4 Å². The van der Waals surface area contributed by atoms with Gasteiger partial charge in [-0.05, 0) is 37.1 Å². The Morgan fingerprint density at radius 3 is 2.36 bits per heavy atom. The molecular weight excluding hydrogens is 324 g/mol. The molecule has 122 valence electrons. The number of halogens is 1. The van der Waals surface area contributed by atoms with Crippen LogP contribution in [-0.2, 0) is 14.8 Å². The normalized spacial score (nSPS) is 16.7. The maximum absolute atomic E-state index is 12.1. The zero-order valence-electron chi connectivity index (χ0n) is 12.6. The van der Waals surface area contributed by atoms with Gasteiger partial charge in [0, 0.05) is 16.8 Å². The highest BCUT2D eigenvalue weighted by molar-refractivity contribution is 7.88. The molecule has 1 fully saturated rings. The average molecular weight is 345 g/mol. The number of hydrogen-bond donors (Lipinski definition) is 1. The van der Waals surface area contributed by atoms with Crippen LogP contribution in [0.4, 0.5) is 5.69 Å². The van der Waals surface area contributed by atoms with Crippen molar-refractivity contribution < 1.29 is 13.2 Å². The standard InChI is InChI=1S/C15H21ClN2O3S/c1-22(20,21)18(14-5-3-2-4-6-14)11-15(19)17-13-9-7-12(16)8-10-13/h7-10,14H,2-6,11H2,1H3,(H,17,19). The van der Waals surface area contributed by atoms with Gasteiger partial charge in [-0.1, -0.05) is 30.9 Å². The van der Waals surface area contributed by atoms with Crippen LogP contribution < -0.4 is 5.32 Å². The highest BCUT2D eigenvalue weighted by Crippen LogP contribution is 2.24. The molecule has 0 saturated heterocycles. The lowest BCUT2D eigenvalue weighted by molar-refractivity contribution is -0.116. The van der Waals surface area contributed by atoms with E-state index in [-0.39, 0.29) is 18.5 Å². The van der Waals surface area contributed by atoms with Crippen molar-refractivity contribution in [3.63, 3.8) is 0 Å². The van der Waals surface area contributed by atoms with E-state index in [2.05, 4.69) is 5.32 Å². The van der Waals surface area contributed by atoms with E-state index >= 15 is 0 Å². The Morgan fingerprint density at radius 1 is 1.23 bits per heavy atom. The van der Waals surface area contributed by atoms with Crippen LogP contribution in [-0.4, -0.2) is 37.5 Å². The molecule has 0 aliphatic heterocycles. The van der Waals surface area contributed by atoms with Crippen LogP contribution >= 0.6 is 11.6 Å². The van der Waals surface area contributed by atoms with E-state index in [1.165, 1.54) is 4.31 Å². The van der Waals surface area contributed by atoms with Gasteiger partial charge in [0.05, 0.1) is 12.8 Å². The quantitative estimate of drug-likeness (QED) is 0.893. The fourth-order valence-corrected chi connectivity index (χ4v) is 3.99. The largest absolute Gasteiger partial charge is 0.325 e. The summed E-state index contributed by atoms with van der Waals surface area (Å²) >= 11 is 5.79. The molecule has 0 unspecified atom stereocenters. The lowest BCUT2D eigenvalue weighted by Crippen LogP contribution is -2.45. The Balaban J connectivity index is 2.03. The van der Waals surface area contributed by atoms with Crippen molar-refractivity contribution in [3.8, 4) is 0 Å². The Labute approximate surface area is 136 Å². The molecule has 7 heteroatoms. The van der Waals surface area contributed by atoms with Crippen LogP contribution in [0.1, 0.15) is 32.1 Å². The lowest BCUT2D eigenvalue weighted by atomic mass is 9.95. The van der Waals surface area contributed by atoms with E-state index in [4.69, 9.17) is 11.6 Å². The molecule has 0 heterocycles. The molecule has 1 saturated carbocycles. The zero-order chi connectivity index (χ0) is 16.2. The number of carbonyl (C=O) groups excluding carboxylic acids is 1. The van der Waals surface area contributed by atoms with Crippen molar-refractivity contribution in [2.45, 2.75) is 38.1 Å². The third-order valence-electron chi connectivity index (χ3n) is 3.84. The molecule has 1 aromatic rings. The summed E-state index contributed by atoms with van der Waals surface area (Å²) in [6.45, 7) is -0.147. The monoisotopic (exact) mass is 344 g/mol. The highest BCUT2D eigenvalue weighted by Gasteiger charge is 2.29. The van der Waals surface area contributed by atoms with Gasteiger partial charge in [0.1, 0.15) is 0 Å². The zero-order valence-corrected chi connectivity index (χ0v) is 14.2. The number of amides is 1. The first-order valence-corrected chi connectivity index (χ1v) is 9.61. The van der Waals surface area contributed by atoms with Gasteiger partial charge in [0.25, 0.3) is 0 Å². The Bertz CT molecular complexity index is 610. The molecule has 1 amide bonds. The minimum absolute atomic E-state index is 0.0697. The summed E-state index contributed by atoms with van der Waals surface area (Å²) in [6, 6.07) is 6.65. The van der Waals surface area contributed by atoms with Crippen molar-refractivity contribution in [1.82, 2.24) is 4.31 Å². The van der Waals surface area contributed by atoms with Crippen LogP contribution in [0.5, 0.6) is 0 Å². The molecule has 22 heavy (non-hydrogen) atoms. The maximum atomic E-state index is 12.1. The first-order chi connectivity index (χ1) is 10.4. The molecule has 1 N–H and O–H groups in total. The van der Waals surface area contributed by atoms with Crippen LogP contribution in [0.3, 0.4) is 0 Å². The number of benzene rings is 1. The van der Waals surface area contributed by atoms with Crippen LogP contribution in [0.15, 0.2) is 24.3 Å². The molecule has 2 rings (SSSR count). The van der Waals surface area contributed by atoms with Gasteiger partial charge in [-0.15, -0.1) is 0 Å². The Hall–Kier alpha value is -1.11. The SMILES string of the molecule is CS(=O)(=O)N(CC(=O)Nc1ccc(Cl)cc1)C1CCCCC1. The number of carbonyl (C=O) groups is 1. The molecule has 5 nitrogen and oxygen atoms in total. The van der Waals surface area contributed by atoms with E-state index in [1.54, 1.807) is 24.3 Å². The van der Waals surface area contributed by atoms with Gasteiger partial charge in [-0.2, -0.15) is 4.31 Å². The smallest absolute Gasteiger partial charge is 0.239 e. The van der Waals surface area contributed by atoms with Gasteiger partial charge in [0.2, 0.25) is 15.9 Å². The summed E-state index contributed by atoms with van der Waals surface area (Å²) in [5.41, 5.74) is 0.603. The highest BCUT2D eigenvalue weighted by atomic mass is 35.5. The van der Waals surface area contributed by atoms with Gasteiger partial charge < -0.3 is 5.32 Å². The summed E-state index contributed by atoms with van der Waals surface area (Å²) in [4.78, 5) is 12.1. The fourth-order valence-electron chi connectivity index (χ4n) is 2.76. The Kier molecular flexibility index (Phi) is 5.83. The molecule has 0 spiro atoms. The lowest BCUT2D eigenvalue weighted by Gasteiger charge is -2.31. The van der Waals surface area contributed by atoms with Gasteiger partial charge >= 0.3 is 0 Å². The van der Waals surface area contributed by atoms with Crippen molar-refractivity contribution in [2.24, 2.45) is 0 Å². The minimum atomic E-state index is -3.41. The summed E-state index contributed by atoms with van der Waals surface area (Å²) in [6.07, 6.45) is 5.95. The van der Waals surface area contributed by atoms with Crippen molar-refractivity contribution in [2.75, 3.05) is 18.1 Å². The predicted molar refractivity (Wildman–Crippen MR) is 88.5 cm³/mol. The van der Waals surface area contributed by atoms with E-state index in [0.29, 0.717) is 10.7 Å². The fraction of sp³-hybridized carbons (Fsp3) is 0.533. The van der Waals surface area contributed by atoms with E-state index < -0.39 is 10.0 Å². The number of anilines is 1. The van der Waals surface area contributed by atoms with Crippen LogP contribution in [0.2, 0.25) is 5.02 Å². The third-order valence-corrected chi connectivity index (χ3v) is 5.37. The summed E-state index contributed by atoms with van der Waals surface area (Å²) < 4.78 is 25.3. The number of sulfonamides is 1. The molecule has 0 radical (unpaired) electrons. The second kappa shape index (κ2) is 7.44. The average Bonchev–Trinajstić information content (AvgIpc) is 2.47. The number of rotatable bonds is 5. The second-order valence-electron chi connectivity index (χ2n) is 5.66. The Morgan fingerprint density at radius 2 is 1.82 bits per heavy atom. The van der Waals surface area contributed by atoms with Gasteiger partial charge in [-0.25, -0.2) is 8.42 Å². The molecule has 0 bridgehead atoms. The van der Waals surface area contributed by atoms with Crippen LogP contribution in [0.25, 0.3) is 0 Å². The van der Waals surface area contributed by atoms with E-state index in [1.807, 2.05) is 0 Å². The molecule has 1 aromatic carbocycles. The molecule has 0 atom stereocenters. The third kappa shape index (κ3) is 4.97. The second-order valence-corrected chi connectivity index (χ2v) is 8.03. The summed E-state index contributed by atoms with van der Waals surface area (Å²) in [7, 11) is -3.41. The summed E-state index contributed by atoms with van der Waals surface area (Å²) in [5, 5.41) is 3.29. The molecule has 1 aliphatic carbocycles. The first-order valence-electron chi connectivity index (χ1n) is 7.38. The number of nitrogens with one attached hydrogen (secondary N) is 1. The van der Waals surface area contributed by atoms with Gasteiger partial charge in [0.15, 0.2) is 0 Å². The predicted octanol–water partition coefficient (Wildman–Crippen LogP) is 2.87. The minimum Gasteiger partial charge on any atom is -0.325 e. The number of hydrogen-bond acceptors (Lipinski definition) is 3. The molecule has 0 aromatic heterocycles. The number of nitrogens with zero attached hydrogens (tertiary/aromatic N) is 1. The van der Waals surface area contributed by atoms with Crippen LogP contribution in [0, 0.1) is 0 Å². The topological polar surface area (TPSA) is 66.5 Å². The van der Waals surface area contributed by atoms with Crippen molar-refractivity contribution in [3.05, 3.63) is 29.3 Å². The molecular formula is C15H21ClN2O3S. The first kappa shape index (κ1) is 17.2. The molecule has 1 aliphatic rings. The summed E-state index contributed by atoms with van der Waals surface area (Å²) in [5.74, 6) is -0.335.